The fourth-order valence-corrected chi connectivity index (χ4v) is 5.67. The van der Waals surface area contributed by atoms with E-state index >= 15 is 0 Å². The van der Waals surface area contributed by atoms with Crippen LogP contribution < -0.4 is 10.2 Å². The zero-order valence-corrected chi connectivity index (χ0v) is 20.6. The maximum atomic E-state index is 14.4. The van der Waals surface area contributed by atoms with E-state index in [1.165, 1.54) is 6.07 Å². The number of carbonyl (C=O) groups is 1. The van der Waals surface area contributed by atoms with Gasteiger partial charge in [-0.05, 0) is 44.9 Å². The minimum atomic E-state index is -0.766. The van der Waals surface area contributed by atoms with E-state index in [9.17, 15) is 9.18 Å². The molecule has 6 heterocycles. The number of rotatable bonds is 4. The van der Waals surface area contributed by atoms with Gasteiger partial charge in [0.05, 0.1) is 35.1 Å². The first-order valence-electron chi connectivity index (χ1n) is 12.6. The molecule has 0 radical (unpaired) electrons. The Bertz CT molecular complexity index is 1570. The zero-order chi connectivity index (χ0) is 25.3. The lowest BCUT2D eigenvalue weighted by Gasteiger charge is -2.51. The summed E-state index contributed by atoms with van der Waals surface area (Å²) in [6.07, 6.45) is 3.88. The number of pyridine rings is 1. The maximum Gasteiger partial charge on any atom is 0.235 e. The van der Waals surface area contributed by atoms with E-state index in [4.69, 9.17) is 19.8 Å². The van der Waals surface area contributed by atoms with Crippen molar-refractivity contribution in [3.63, 3.8) is 0 Å². The summed E-state index contributed by atoms with van der Waals surface area (Å²) in [6, 6.07) is 10.6. The highest BCUT2D eigenvalue weighted by molar-refractivity contribution is 6.06. The highest BCUT2D eigenvalue weighted by Gasteiger charge is 2.49. The number of hydrogen-bond acceptors (Lipinski definition) is 7. The number of hydrogen-bond donors (Lipinski definition) is 1. The van der Waals surface area contributed by atoms with Gasteiger partial charge in [-0.3, -0.25) is 4.79 Å². The van der Waals surface area contributed by atoms with Crippen LogP contribution in [-0.4, -0.2) is 55.9 Å². The third kappa shape index (κ3) is 3.35. The molecule has 10 heteroatoms. The molecule has 2 saturated heterocycles. The lowest BCUT2D eigenvalue weighted by Crippen LogP contribution is -2.63. The van der Waals surface area contributed by atoms with Crippen molar-refractivity contribution in [1.29, 1.82) is 0 Å². The van der Waals surface area contributed by atoms with E-state index < -0.39 is 5.41 Å². The Morgan fingerprint density at radius 1 is 1.19 bits per heavy atom. The molecule has 1 aromatic carbocycles. The first-order chi connectivity index (χ1) is 17.9. The normalized spacial score (nSPS) is 21.9. The summed E-state index contributed by atoms with van der Waals surface area (Å²) >= 11 is 0. The van der Waals surface area contributed by atoms with Gasteiger partial charge in [-0.1, -0.05) is 18.2 Å². The first-order valence-corrected chi connectivity index (χ1v) is 12.6. The molecule has 7 rings (SSSR count). The maximum absolute atomic E-state index is 14.4. The van der Waals surface area contributed by atoms with Gasteiger partial charge in [0, 0.05) is 24.9 Å². The Hall–Kier alpha value is -3.92. The Morgan fingerprint density at radius 3 is 2.89 bits per heavy atom. The van der Waals surface area contributed by atoms with Gasteiger partial charge in [0.15, 0.2) is 11.5 Å². The van der Waals surface area contributed by atoms with Crippen LogP contribution in [-0.2, 0) is 21.5 Å². The molecule has 188 valence electrons. The molecule has 3 aromatic heterocycles. The summed E-state index contributed by atoms with van der Waals surface area (Å²) in [5.41, 5.74) is 1.70. The largest absolute Gasteiger partial charge is 0.374 e. The summed E-state index contributed by atoms with van der Waals surface area (Å²) in [5.74, 6) is 1.25. The molecule has 1 amide bonds. The molecule has 0 saturated carbocycles. The summed E-state index contributed by atoms with van der Waals surface area (Å²) in [7, 11) is 0. The average molecular weight is 500 g/mol. The minimum Gasteiger partial charge on any atom is -0.374 e. The quantitative estimate of drug-likeness (QED) is 0.458. The Labute approximate surface area is 212 Å². The van der Waals surface area contributed by atoms with Gasteiger partial charge in [0.2, 0.25) is 5.91 Å². The van der Waals surface area contributed by atoms with Crippen LogP contribution in [0, 0.1) is 5.82 Å². The van der Waals surface area contributed by atoms with Crippen molar-refractivity contribution in [2.75, 3.05) is 23.4 Å². The Kier molecular flexibility index (Phi) is 4.84. The molecule has 0 aliphatic carbocycles. The highest BCUT2D eigenvalue weighted by atomic mass is 19.1. The number of anilines is 2. The Balaban J connectivity index is 1.38. The second kappa shape index (κ2) is 8.04. The van der Waals surface area contributed by atoms with Gasteiger partial charge in [0.1, 0.15) is 23.1 Å². The van der Waals surface area contributed by atoms with Gasteiger partial charge in [-0.25, -0.2) is 24.0 Å². The van der Waals surface area contributed by atoms with Crippen molar-refractivity contribution in [3.8, 4) is 11.5 Å². The lowest BCUT2D eigenvalue weighted by atomic mass is 9.84. The molecule has 0 spiro atoms. The van der Waals surface area contributed by atoms with Gasteiger partial charge in [-0.15, -0.1) is 0 Å². The van der Waals surface area contributed by atoms with Crippen LogP contribution in [0.4, 0.5) is 16.0 Å². The number of aromatic nitrogens is 5. The zero-order valence-electron chi connectivity index (χ0n) is 20.6. The van der Waals surface area contributed by atoms with Gasteiger partial charge in [-0.2, -0.15) is 5.10 Å². The third-order valence-electron chi connectivity index (χ3n) is 7.77. The van der Waals surface area contributed by atoms with Gasteiger partial charge < -0.3 is 15.0 Å². The van der Waals surface area contributed by atoms with Crippen molar-refractivity contribution in [2.45, 2.75) is 50.8 Å². The predicted octanol–water partition coefficient (Wildman–Crippen LogP) is 3.67. The molecule has 1 N–H and O–H groups in total. The minimum absolute atomic E-state index is 0.108. The predicted molar refractivity (Wildman–Crippen MR) is 136 cm³/mol. The number of nitrogens with one attached hydrogen (secondary N) is 1. The number of fused-ring (bicyclic) bond motifs is 3. The van der Waals surface area contributed by atoms with Crippen LogP contribution in [0.2, 0.25) is 0 Å². The smallest absolute Gasteiger partial charge is 0.235 e. The summed E-state index contributed by atoms with van der Waals surface area (Å²) in [5, 5.41) is 8.54. The first kappa shape index (κ1) is 22.3. The molecule has 9 nitrogen and oxygen atoms in total. The van der Waals surface area contributed by atoms with Crippen LogP contribution in [0.15, 0.2) is 42.6 Å². The second-order valence-electron chi connectivity index (χ2n) is 10.4. The highest BCUT2D eigenvalue weighted by Crippen LogP contribution is 2.46. The SMILES string of the molecule is CC1(C)C(=O)Nc2nc(-c3nn(Cc4ccccc4F)c4ncccc34)nc(N3C[C@H]4OCCCC43)c21. The van der Waals surface area contributed by atoms with E-state index in [2.05, 4.69) is 15.2 Å². The fourth-order valence-electron chi connectivity index (χ4n) is 5.67. The Morgan fingerprint density at radius 2 is 2.05 bits per heavy atom. The van der Waals surface area contributed by atoms with E-state index in [1.54, 1.807) is 29.1 Å². The van der Waals surface area contributed by atoms with Crippen molar-refractivity contribution < 1.29 is 13.9 Å². The van der Waals surface area contributed by atoms with E-state index in [-0.39, 0.29) is 30.4 Å². The number of halogens is 1. The average Bonchev–Trinajstić information content (AvgIpc) is 3.35. The van der Waals surface area contributed by atoms with Crippen LogP contribution in [0.1, 0.15) is 37.8 Å². The summed E-state index contributed by atoms with van der Waals surface area (Å²) < 4.78 is 22.1. The molecular formula is C27H26FN7O2. The number of benzene rings is 1. The monoisotopic (exact) mass is 499 g/mol. The summed E-state index contributed by atoms with van der Waals surface area (Å²) in [4.78, 5) is 29.5. The van der Waals surface area contributed by atoms with Crippen LogP contribution in [0.25, 0.3) is 22.6 Å². The van der Waals surface area contributed by atoms with Crippen molar-refractivity contribution in [2.24, 2.45) is 0 Å². The van der Waals surface area contributed by atoms with E-state index in [0.717, 1.165) is 42.8 Å². The topological polar surface area (TPSA) is 98.1 Å². The molecule has 3 aliphatic rings. The van der Waals surface area contributed by atoms with Crippen molar-refractivity contribution in [1.82, 2.24) is 24.7 Å². The molecule has 2 atom stereocenters. The number of amides is 1. The lowest BCUT2D eigenvalue weighted by molar-refractivity contribution is -0.119. The summed E-state index contributed by atoms with van der Waals surface area (Å²) in [6.45, 7) is 5.53. The van der Waals surface area contributed by atoms with Crippen LogP contribution in [0.5, 0.6) is 0 Å². The molecule has 3 aliphatic heterocycles. The second-order valence-corrected chi connectivity index (χ2v) is 10.4. The van der Waals surface area contributed by atoms with Crippen LogP contribution >= 0.6 is 0 Å². The van der Waals surface area contributed by atoms with Crippen LogP contribution in [0.3, 0.4) is 0 Å². The molecule has 37 heavy (non-hydrogen) atoms. The molecular weight excluding hydrogens is 473 g/mol. The van der Waals surface area contributed by atoms with Crippen molar-refractivity contribution >= 4 is 28.6 Å². The van der Waals surface area contributed by atoms with E-state index in [0.29, 0.717) is 28.5 Å². The van der Waals surface area contributed by atoms with Gasteiger partial charge in [0.25, 0.3) is 0 Å². The number of nitrogens with zero attached hydrogens (tertiary/aromatic N) is 6. The van der Waals surface area contributed by atoms with Crippen molar-refractivity contribution in [3.05, 3.63) is 59.5 Å². The third-order valence-corrected chi connectivity index (χ3v) is 7.77. The fraction of sp³-hybridized carbons (Fsp3) is 0.370. The van der Waals surface area contributed by atoms with Gasteiger partial charge >= 0.3 is 0 Å². The molecule has 4 aromatic rings. The molecule has 0 bridgehead atoms. The number of carbonyl (C=O) groups excluding carboxylic acids is 1. The number of ether oxygens (including phenoxy) is 1. The molecule has 1 unspecified atom stereocenters. The standard InChI is InChI=1S/C27H26FN7O2/c1-27(2)20-22(32-26(27)36)30-23(31-25(20)34-14-19-18(34)10-6-12-37-19)21-16-8-5-11-29-24(16)35(33-21)13-15-7-3-4-9-17(15)28/h3-5,7-9,11,18-19H,6,10,12-14H2,1-2H3,(H,30,31,32,36)/t18?,19-/m1/s1. The molecule has 2 fully saturated rings. The van der Waals surface area contributed by atoms with E-state index in [1.807, 2.05) is 26.0 Å².